The number of fused-ring (bicyclic) bond motifs is 1. The van der Waals surface area contributed by atoms with Crippen LogP contribution in [0.1, 0.15) is 44.6 Å². The third-order valence-electron chi connectivity index (χ3n) is 6.93. The predicted octanol–water partition coefficient (Wildman–Crippen LogP) is 2.85. The zero-order chi connectivity index (χ0) is 22.2. The number of aliphatic imine (C=N–C) groups is 1. The highest BCUT2D eigenvalue weighted by atomic mass is 127. The molecule has 4 rings (SSSR count). The second-order valence-electron chi connectivity index (χ2n) is 9.20. The Labute approximate surface area is 215 Å². The Hall–Kier alpha value is -1.39. The molecular formula is C25H40IN5O2. The van der Waals surface area contributed by atoms with Crippen LogP contribution in [0.15, 0.2) is 35.3 Å². The van der Waals surface area contributed by atoms with Gasteiger partial charge in [-0.15, -0.1) is 24.0 Å². The molecule has 1 amide bonds. The molecule has 184 valence electrons. The second-order valence-corrected chi connectivity index (χ2v) is 9.20. The smallest absolute Gasteiger partial charge is 0.223 e. The van der Waals surface area contributed by atoms with Crippen LogP contribution in [0.3, 0.4) is 0 Å². The average Bonchev–Trinajstić information content (AvgIpc) is 3.27. The van der Waals surface area contributed by atoms with Gasteiger partial charge in [-0.2, -0.15) is 0 Å². The molecule has 2 N–H and O–H groups in total. The minimum Gasteiger partial charge on any atom is -0.373 e. The fraction of sp³-hybridized carbons (Fsp3) is 0.680. The Bertz CT molecular complexity index is 756. The van der Waals surface area contributed by atoms with Crippen LogP contribution in [0.5, 0.6) is 0 Å². The van der Waals surface area contributed by atoms with Gasteiger partial charge in [0.1, 0.15) is 0 Å². The van der Waals surface area contributed by atoms with Gasteiger partial charge in [-0.1, -0.05) is 49.6 Å². The lowest BCUT2D eigenvalue weighted by Crippen LogP contribution is -2.50. The van der Waals surface area contributed by atoms with Gasteiger partial charge in [0, 0.05) is 45.2 Å². The number of halogens is 1. The molecule has 0 bridgehead atoms. The van der Waals surface area contributed by atoms with Crippen molar-refractivity contribution >= 4 is 35.8 Å². The van der Waals surface area contributed by atoms with Gasteiger partial charge in [0.2, 0.25) is 5.91 Å². The summed E-state index contributed by atoms with van der Waals surface area (Å²) >= 11 is 0. The number of rotatable bonds is 7. The Morgan fingerprint density at radius 2 is 1.91 bits per heavy atom. The van der Waals surface area contributed by atoms with Crippen molar-refractivity contribution in [3.63, 3.8) is 0 Å². The molecular weight excluding hydrogens is 529 g/mol. The summed E-state index contributed by atoms with van der Waals surface area (Å²) in [5.74, 6) is 1.34. The van der Waals surface area contributed by atoms with Crippen molar-refractivity contribution in [3.8, 4) is 0 Å². The summed E-state index contributed by atoms with van der Waals surface area (Å²) in [6.45, 7) is 8.60. The summed E-state index contributed by atoms with van der Waals surface area (Å²) in [6, 6.07) is 11.1. The molecule has 0 radical (unpaired) electrons. The standard InChI is InChI=1S/C25H39N5O2.HI/c1-2-26-25(28-14-13-27-24(31)21-11-7-4-8-12-21)30-18-22-23(19-30)32-16-15-29(22)17-20-9-5-3-6-10-20;/h3,5-6,9-10,21-23H,2,4,7-8,11-19H2,1H3,(H,26,28)(H,27,31);1H. The van der Waals surface area contributed by atoms with Gasteiger partial charge in [-0.05, 0) is 25.3 Å². The van der Waals surface area contributed by atoms with Gasteiger partial charge < -0.3 is 20.3 Å². The molecule has 2 atom stereocenters. The number of morpholine rings is 1. The SMILES string of the molecule is CCNC(=NCCNC(=O)C1CCCCC1)N1CC2OCCN(Cc3ccccc3)C2C1.I. The number of guanidine groups is 1. The summed E-state index contributed by atoms with van der Waals surface area (Å²) < 4.78 is 6.13. The molecule has 0 aromatic heterocycles. The molecule has 33 heavy (non-hydrogen) atoms. The van der Waals surface area contributed by atoms with E-state index in [9.17, 15) is 4.79 Å². The Morgan fingerprint density at radius 1 is 1.12 bits per heavy atom. The van der Waals surface area contributed by atoms with Crippen LogP contribution in [0.2, 0.25) is 0 Å². The normalized spacial score (nSPS) is 24.2. The first kappa shape index (κ1) is 26.2. The number of amides is 1. The van der Waals surface area contributed by atoms with Crippen molar-refractivity contribution in [2.24, 2.45) is 10.9 Å². The summed E-state index contributed by atoms with van der Waals surface area (Å²) in [5, 5.41) is 6.54. The molecule has 3 fully saturated rings. The average molecular weight is 570 g/mol. The van der Waals surface area contributed by atoms with Crippen LogP contribution in [0, 0.1) is 5.92 Å². The van der Waals surface area contributed by atoms with Crippen LogP contribution in [0.4, 0.5) is 0 Å². The van der Waals surface area contributed by atoms with Gasteiger partial charge >= 0.3 is 0 Å². The van der Waals surface area contributed by atoms with E-state index in [4.69, 9.17) is 9.73 Å². The molecule has 0 spiro atoms. The molecule has 2 heterocycles. The van der Waals surface area contributed by atoms with E-state index in [1.165, 1.54) is 24.8 Å². The predicted molar refractivity (Wildman–Crippen MR) is 143 cm³/mol. The number of hydrogen-bond acceptors (Lipinski definition) is 4. The Morgan fingerprint density at radius 3 is 2.67 bits per heavy atom. The summed E-state index contributed by atoms with van der Waals surface area (Å²) in [6.07, 6.45) is 5.91. The van der Waals surface area contributed by atoms with E-state index in [1.54, 1.807) is 0 Å². The van der Waals surface area contributed by atoms with Crippen LogP contribution in [0.25, 0.3) is 0 Å². The number of benzene rings is 1. The van der Waals surface area contributed by atoms with E-state index < -0.39 is 0 Å². The fourth-order valence-electron chi connectivity index (χ4n) is 5.22. The van der Waals surface area contributed by atoms with Crippen molar-refractivity contribution in [1.82, 2.24) is 20.4 Å². The highest BCUT2D eigenvalue weighted by Gasteiger charge is 2.41. The maximum Gasteiger partial charge on any atom is 0.223 e. The number of carbonyl (C=O) groups is 1. The summed E-state index contributed by atoms with van der Waals surface area (Å²) in [4.78, 5) is 22.1. The lowest BCUT2D eigenvalue weighted by atomic mass is 9.89. The monoisotopic (exact) mass is 569 g/mol. The number of ether oxygens (including phenoxy) is 1. The van der Waals surface area contributed by atoms with Crippen LogP contribution >= 0.6 is 24.0 Å². The molecule has 1 aromatic carbocycles. The molecule has 1 aromatic rings. The van der Waals surface area contributed by atoms with E-state index in [-0.39, 0.29) is 41.9 Å². The highest BCUT2D eigenvalue weighted by molar-refractivity contribution is 14.0. The van der Waals surface area contributed by atoms with E-state index >= 15 is 0 Å². The van der Waals surface area contributed by atoms with Crippen LogP contribution < -0.4 is 10.6 Å². The van der Waals surface area contributed by atoms with Gasteiger partial charge in [0.15, 0.2) is 5.96 Å². The summed E-state index contributed by atoms with van der Waals surface area (Å²) in [5.41, 5.74) is 1.35. The van der Waals surface area contributed by atoms with Gasteiger partial charge in [-0.25, -0.2) is 0 Å². The van der Waals surface area contributed by atoms with Crippen molar-refractivity contribution in [3.05, 3.63) is 35.9 Å². The molecule has 2 saturated heterocycles. The minimum atomic E-state index is 0. The van der Waals surface area contributed by atoms with Crippen molar-refractivity contribution in [2.45, 2.75) is 57.7 Å². The quantitative estimate of drug-likeness (QED) is 0.229. The minimum absolute atomic E-state index is 0. The number of nitrogens with zero attached hydrogens (tertiary/aromatic N) is 3. The van der Waals surface area contributed by atoms with E-state index in [1.807, 2.05) is 0 Å². The number of hydrogen-bond donors (Lipinski definition) is 2. The zero-order valence-electron chi connectivity index (χ0n) is 19.9. The number of carbonyl (C=O) groups excluding carboxylic acids is 1. The fourth-order valence-corrected chi connectivity index (χ4v) is 5.22. The lowest BCUT2D eigenvalue weighted by Gasteiger charge is -2.36. The first-order valence-electron chi connectivity index (χ1n) is 12.4. The first-order valence-corrected chi connectivity index (χ1v) is 12.4. The maximum atomic E-state index is 12.4. The third kappa shape index (κ3) is 7.29. The van der Waals surface area contributed by atoms with Gasteiger partial charge in [0.25, 0.3) is 0 Å². The van der Waals surface area contributed by atoms with Crippen LogP contribution in [-0.2, 0) is 16.1 Å². The van der Waals surface area contributed by atoms with Crippen LogP contribution in [-0.4, -0.2) is 79.7 Å². The van der Waals surface area contributed by atoms with Gasteiger partial charge in [-0.3, -0.25) is 14.7 Å². The second kappa shape index (κ2) is 13.5. The lowest BCUT2D eigenvalue weighted by molar-refractivity contribution is -0.125. The number of likely N-dealkylation sites (tertiary alicyclic amines) is 1. The zero-order valence-corrected chi connectivity index (χ0v) is 22.2. The van der Waals surface area contributed by atoms with E-state index in [0.717, 1.165) is 58.1 Å². The van der Waals surface area contributed by atoms with Gasteiger partial charge in [0.05, 0.1) is 25.3 Å². The van der Waals surface area contributed by atoms with E-state index in [2.05, 4.69) is 57.7 Å². The van der Waals surface area contributed by atoms with Crippen molar-refractivity contribution in [2.75, 3.05) is 45.9 Å². The van der Waals surface area contributed by atoms with Crippen molar-refractivity contribution < 1.29 is 9.53 Å². The Kier molecular flexibility index (Phi) is 10.7. The maximum absolute atomic E-state index is 12.4. The molecule has 2 aliphatic heterocycles. The molecule has 7 nitrogen and oxygen atoms in total. The van der Waals surface area contributed by atoms with E-state index in [0.29, 0.717) is 19.1 Å². The molecule has 8 heteroatoms. The Balaban J connectivity index is 0.00000306. The first-order chi connectivity index (χ1) is 15.7. The molecule has 1 saturated carbocycles. The molecule has 2 unspecified atom stereocenters. The topological polar surface area (TPSA) is 69.2 Å². The summed E-state index contributed by atoms with van der Waals surface area (Å²) in [7, 11) is 0. The molecule has 3 aliphatic rings. The third-order valence-corrected chi connectivity index (χ3v) is 6.93. The van der Waals surface area contributed by atoms with Crippen molar-refractivity contribution in [1.29, 1.82) is 0 Å². The number of nitrogens with one attached hydrogen (secondary N) is 2. The molecule has 1 aliphatic carbocycles. The largest absolute Gasteiger partial charge is 0.373 e. The highest BCUT2D eigenvalue weighted by Crippen LogP contribution is 2.25.